The van der Waals surface area contributed by atoms with E-state index in [2.05, 4.69) is 17.1 Å². The zero-order chi connectivity index (χ0) is 13.2. The van der Waals surface area contributed by atoms with Gasteiger partial charge in [-0.15, -0.1) is 0 Å². The summed E-state index contributed by atoms with van der Waals surface area (Å²) in [6.07, 6.45) is 9.01. The SMILES string of the molecule is CCC(O)C1CC(NCC2CCC2)CN(C2CC2)C1. The molecule has 0 aromatic rings. The number of hydrogen-bond acceptors (Lipinski definition) is 3. The van der Waals surface area contributed by atoms with Crippen molar-refractivity contribution in [1.82, 2.24) is 10.2 Å². The van der Waals surface area contributed by atoms with Crippen LogP contribution in [-0.4, -0.2) is 47.8 Å². The second-order valence-corrected chi connectivity index (χ2v) is 7.06. The van der Waals surface area contributed by atoms with Crippen LogP contribution in [0.4, 0.5) is 0 Å². The van der Waals surface area contributed by atoms with Crippen LogP contribution in [-0.2, 0) is 0 Å². The van der Waals surface area contributed by atoms with Crippen molar-refractivity contribution in [3.63, 3.8) is 0 Å². The van der Waals surface area contributed by atoms with Crippen LogP contribution in [0.1, 0.15) is 51.9 Å². The third-order valence-electron chi connectivity index (χ3n) is 5.46. The van der Waals surface area contributed by atoms with Gasteiger partial charge in [-0.2, -0.15) is 0 Å². The minimum absolute atomic E-state index is 0.102. The van der Waals surface area contributed by atoms with Gasteiger partial charge in [0, 0.05) is 25.2 Å². The Labute approximate surface area is 117 Å². The van der Waals surface area contributed by atoms with Crippen LogP contribution >= 0.6 is 0 Å². The number of nitrogens with zero attached hydrogens (tertiary/aromatic N) is 1. The van der Waals surface area contributed by atoms with Gasteiger partial charge in [0.05, 0.1) is 6.10 Å². The van der Waals surface area contributed by atoms with Crippen LogP contribution in [0.25, 0.3) is 0 Å². The zero-order valence-electron chi connectivity index (χ0n) is 12.4. The van der Waals surface area contributed by atoms with Crippen molar-refractivity contribution < 1.29 is 5.11 Å². The van der Waals surface area contributed by atoms with E-state index >= 15 is 0 Å². The summed E-state index contributed by atoms with van der Waals surface area (Å²) in [6, 6.07) is 1.45. The van der Waals surface area contributed by atoms with Crippen LogP contribution in [0.15, 0.2) is 0 Å². The topological polar surface area (TPSA) is 35.5 Å². The molecule has 2 saturated carbocycles. The highest BCUT2D eigenvalue weighted by atomic mass is 16.3. The summed E-state index contributed by atoms with van der Waals surface area (Å²) in [6.45, 7) is 5.65. The molecule has 2 aliphatic carbocycles. The number of piperidine rings is 1. The first kappa shape index (κ1) is 13.8. The molecule has 1 aliphatic heterocycles. The molecule has 0 aromatic heterocycles. The van der Waals surface area contributed by atoms with Crippen molar-refractivity contribution >= 4 is 0 Å². The molecule has 3 aliphatic rings. The van der Waals surface area contributed by atoms with Crippen molar-refractivity contribution in [2.45, 2.75) is 70.1 Å². The lowest BCUT2D eigenvalue weighted by molar-refractivity contribution is 0.0313. The maximum absolute atomic E-state index is 10.2. The predicted octanol–water partition coefficient (Wildman–Crippen LogP) is 2.00. The van der Waals surface area contributed by atoms with Gasteiger partial charge in [-0.25, -0.2) is 0 Å². The van der Waals surface area contributed by atoms with E-state index < -0.39 is 0 Å². The summed E-state index contributed by atoms with van der Waals surface area (Å²) in [7, 11) is 0. The Morgan fingerprint density at radius 2 is 2.00 bits per heavy atom. The highest BCUT2D eigenvalue weighted by Gasteiger charge is 2.37. The Morgan fingerprint density at radius 1 is 1.21 bits per heavy atom. The molecule has 3 heteroatoms. The third-order valence-corrected chi connectivity index (χ3v) is 5.46. The second kappa shape index (κ2) is 6.11. The average molecular weight is 266 g/mol. The van der Waals surface area contributed by atoms with Gasteiger partial charge in [0.2, 0.25) is 0 Å². The van der Waals surface area contributed by atoms with Gasteiger partial charge in [0.15, 0.2) is 0 Å². The molecule has 3 fully saturated rings. The fourth-order valence-electron chi connectivity index (χ4n) is 3.70. The van der Waals surface area contributed by atoms with E-state index in [1.807, 2.05) is 0 Å². The van der Waals surface area contributed by atoms with Gasteiger partial charge in [-0.1, -0.05) is 13.3 Å². The fourth-order valence-corrected chi connectivity index (χ4v) is 3.70. The standard InChI is InChI=1S/C16H30N2O/c1-2-16(19)13-8-14(17-9-12-4-3-5-12)11-18(10-13)15-6-7-15/h12-17,19H,2-11H2,1H3. The van der Waals surface area contributed by atoms with E-state index in [0.29, 0.717) is 12.0 Å². The van der Waals surface area contributed by atoms with Crippen molar-refractivity contribution in [3.8, 4) is 0 Å². The number of rotatable bonds is 6. The van der Waals surface area contributed by atoms with E-state index in [1.54, 1.807) is 0 Å². The highest BCUT2D eigenvalue weighted by Crippen LogP contribution is 2.33. The Balaban J connectivity index is 1.52. The van der Waals surface area contributed by atoms with Crippen molar-refractivity contribution in [3.05, 3.63) is 0 Å². The molecular weight excluding hydrogens is 236 g/mol. The summed E-state index contributed by atoms with van der Waals surface area (Å²) in [4.78, 5) is 2.64. The second-order valence-electron chi connectivity index (χ2n) is 7.06. The third kappa shape index (κ3) is 3.50. The van der Waals surface area contributed by atoms with Crippen molar-refractivity contribution in [2.75, 3.05) is 19.6 Å². The molecule has 1 saturated heterocycles. The Hall–Kier alpha value is -0.120. The monoisotopic (exact) mass is 266 g/mol. The lowest BCUT2D eigenvalue weighted by Gasteiger charge is -2.41. The molecule has 0 amide bonds. The molecule has 0 spiro atoms. The van der Waals surface area contributed by atoms with Crippen LogP contribution in [0.3, 0.4) is 0 Å². The highest BCUT2D eigenvalue weighted by molar-refractivity contribution is 4.94. The largest absolute Gasteiger partial charge is 0.393 e. The molecule has 3 rings (SSSR count). The van der Waals surface area contributed by atoms with Crippen LogP contribution < -0.4 is 5.32 Å². The lowest BCUT2D eigenvalue weighted by Crippen LogP contribution is -2.53. The number of aliphatic hydroxyl groups excluding tert-OH is 1. The number of nitrogens with one attached hydrogen (secondary N) is 1. The molecule has 3 unspecified atom stereocenters. The fraction of sp³-hybridized carbons (Fsp3) is 1.00. The maximum atomic E-state index is 10.2. The van der Waals surface area contributed by atoms with Gasteiger partial charge < -0.3 is 10.4 Å². The van der Waals surface area contributed by atoms with Gasteiger partial charge in [0.25, 0.3) is 0 Å². The summed E-state index contributed by atoms with van der Waals surface area (Å²) in [5, 5.41) is 14.0. The van der Waals surface area contributed by atoms with Crippen molar-refractivity contribution in [1.29, 1.82) is 0 Å². The van der Waals surface area contributed by atoms with Crippen LogP contribution in [0, 0.1) is 11.8 Å². The van der Waals surface area contributed by atoms with Gasteiger partial charge in [-0.05, 0) is 56.9 Å². The molecule has 1 heterocycles. The number of aliphatic hydroxyl groups is 1. The molecule has 2 N–H and O–H groups in total. The van der Waals surface area contributed by atoms with Gasteiger partial charge in [0.1, 0.15) is 0 Å². The minimum Gasteiger partial charge on any atom is -0.393 e. The molecule has 3 nitrogen and oxygen atoms in total. The first-order chi connectivity index (χ1) is 9.26. The molecule has 0 bridgehead atoms. The summed E-state index contributed by atoms with van der Waals surface area (Å²) >= 11 is 0. The predicted molar refractivity (Wildman–Crippen MR) is 78.1 cm³/mol. The van der Waals surface area contributed by atoms with Gasteiger partial charge in [-0.3, -0.25) is 4.90 Å². The Kier molecular flexibility index (Phi) is 4.45. The molecule has 3 atom stereocenters. The molecular formula is C16H30N2O. The number of likely N-dealkylation sites (tertiary alicyclic amines) is 1. The Bertz CT molecular complexity index is 288. The maximum Gasteiger partial charge on any atom is 0.0578 e. The quantitative estimate of drug-likeness (QED) is 0.772. The minimum atomic E-state index is -0.102. The number of hydrogen-bond donors (Lipinski definition) is 2. The molecule has 19 heavy (non-hydrogen) atoms. The zero-order valence-corrected chi connectivity index (χ0v) is 12.4. The lowest BCUT2D eigenvalue weighted by atomic mass is 9.84. The van der Waals surface area contributed by atoms with E-state index in [9.17, 15) is 5.11 Å². The average Bonchev–Trinajstić information content (AvgIpc) is 3.20. The van der Waals surface area contributed by atoms with Crippen LogP contribution in [0.2, 0.25) is 0 Å². The first-order valence-electron chi connectivity index (χ1n) is 8.41. The van der Waals surface area contributed by atoms with E-state index in [4.69, 9.17) is 0 Å². The first-order valence-corrected chi connectivity index (χ1v) is 8.41. The van der Waals surface area contributed by atoms with E-state index in [-0.39, 0.29) is 6.10 Å². The Morgan fingerprint density at radius 3 is 2.58 bits per heavy atom. The van der Waals surface area contributed by atoms with Crippen LogP contribution in [0.5, 0.6) is 0 Å². The van der Waals surface area contributed by atoms with E-state index in [1.165, 1.54) is 51.6 Å². The molecule has 110 valence electrons. The summed E-state index contributed by atoms with van der Waals surface area (Å²) in [5.41, 5.74) is 0. The van der Waals surface area contributed by atoms with E-state index in [0.717, 1.165) is 24.9 Å². The molecule has 0 aromatic carbocycles. The molecule has 0 radical (unpaired) electrons. The smallest absolute Gasteiger partial charge is 0.0578 e. The van der Waals surface area contributed by atoms with Gasteiger partial charge >= 0.3 is 0 Å². The normalized spacial score (nSPS) is 35.1. The van der Waals surface area contributed by atoms with Crippen molar-refractivity contribution in [2.24, 2.45) is 11.8 Å². The summed E-state index contributed by atoms with van der Waals surface area (Å²) in [5.74, 6) is 1.42. The summed E-state index contributed by atoms with van der Waals surface area (Å²) < 4.78 is 0.